The van der Waals surface area contributed by atoms with Crippen molar-refractivity contribution >= 4 is 22.4 Å². The molecular weight excluding hydrogens is 398 g/mol. The fourth-order valence-corrected chi connectivity index (χ4v) is 3.59. The third kappa shape index (κ3) is 4.58. The van der Waals surface area contributed by atoms with Crippen molar-refractivity contribution in [3.05, 3.63) is 102 Å². The Morgan fingerprint density at radius 1 is 0.844 bits per heavy atom. The zero-order valence-corrected chi connectivity index (χ0v) is 18.0. The number of nitriles is 1. The standard InChI is InChI=1S/C28H23NO3/c1-30-27-15-12-22(17-28(27)31-2)24(18-29)16-20-10-13-25(14-11-20)32-19-23-8-5-7-21-6-3-4-9-26(21)23/h3-17H,19H2,1-2H3/b24-16+. The second-order valence-electron chi connectivity index (χ2n) is 7.24. The average Bonchev–Trinajstić information content (AvgIpc) is 2.86. The van der Waals surface area contributed by atoms with Crippen LogP contribution in [0.2, 0.25) is 0 Å². The minimum Gasteiger partial charge on any atom is -0.493 e. The van der Waals surface area contributed by atoms with E-state index < -0.39 is 0 Å². The van der Waals surface area contributed by atoms with E-state index in [2.05, 4.69) is 30.3 Å². The van der Waals surface area contributed by atoms with Gasteiger partial charge in [0, 0.05) is 0 Å². The maximum Gasteiger partial charge on any atom is 0.161 e. The van der Waals surface area contributed by atoms with Crippen LogP contribution in [0.5, 0.6) is 17.2 Å². The van der Waals surface area contributed by atoms with Gasteiger partial charge in [-0.25, -0.2) is 0 Å². The number of allylic oxidation sites excluding steroid dienone is 1. The molecule has 0 spiro atoms. The largest absolute Gasteiger partial charge is 0.493 e. The quantitative estimate of drug-likeness (QED) is 0.252. The van der Waals surface area contributed by atoms with Crippen LogP contribution in [-0.2, 0) is 6.61 Å². The Hall–Kier alpha value is -4.23. The lowest BCUT2D eigenvalue weighted by molar-refractivity contribution is 0.307. The highest BCUT2D eigenvalue weighted by atomic mass is 16.5. The molecule has 158 valence electrons. The number of ether oxygens (including phenoxy) is 3. The number of fused-ring (bicyclic) bond motifs is 1. The SMILES string of the molecule is COc1ccc(/C(C#N)=C/c2ccc(OCc3cccc4ccccc34)cc2)cc1OC. The van der Waals surface area contributed by atoms with Crippen LogP contribution in [0.15, 0.2) is 84.9 Å². The maximum atomic E-state index is 9.67. The fourth-order valence-electron chi connectivity index (χ4n) is 3.59. The Labute approximate surface area is 187 Å². The third-order valence-corrected chi connectivity index (χ3v) is 5.28. The first-order chi connectivity index (χ1) is 15.7. The van der Waals surface area contributed by atoms with E-state index in [1.807, 2.05) is 54.6 Å². The van der Waals surface area contributed by atoms with E-state index in [1.54, 1.807) is 26.4 Å². The predicted octanol–water partition coefficient (Wildman–Crippen LogP) is 6.50. The van der Waals surface area contributed by atoms with Crippen LogP contribution in [0.3, 0.4) is 0 Å². The molecule has 0 N–H and O–H groups in total. The number of nitrogens with zero attached hydrogens (tertiary/aromatic N) is 1. The molecule has 0 bridgehead atoms. The van der Waals surface area contributed by atoms with Crippen molar-refractivity contribution in [3.63, 3.8) is 0 Å². The van der Waals surface area contributed by atoms with Crippen molar-refractivity contribution in [1.82, 2.24) is 0 Å². The van der Waals surface area contributed by atoms with E-state index in [1.165, 1.54) is 10.8 Å². The summed E-state index contributed by atoms with van der Waals surface area (Å²) in [5, 5.41) is 12.1. The minimum absolute atomic E-state index is 0.492. The zero-order valence-electron chi connectivity index (χ0n) is 18.0. The Bertz CT molecular complexity index is 1300. The smallest absolute Gasteiger partial charge is 0.161 e. The summed E-state index contributed by atoms with van der Waals surface area (Å²) in [7, 11) is 3.16. The first-order valence-corrected chi connectivity index (χ1v) is 10.3. The lowest BCUT2D eigenvalue weighted by Gasteiger charge is -2.10. The first-order valence-electron chi connectivity index (χ1n) is 10.3. The second kappa shape index (κ2) is 9.72. The molecule has 4 aromatic rings. The first kappa shape index (κ1) is 21.0. The van der Waals surface area contributed by atoms with Gasteiger partial charge in [0.1, 0.15) is 12.4 Å². The van der Waals surface area contributed by atoms with Gasteiger partial charge < -0.3 is 14.2 Å². The molecule has 0 aliphatic carbocycles. The van der Waals surface area contributed by atoms with Crippen LogP contribution in [0, 0.1) is 11.3 Å². The number of benzene rings is 4. The third-order valence-electron chi connectivity index (χ3n) is 5.28. The molecule has 0 saturated carbocycles. The Kier molecular flexibility index (Phi) is 6.38. The number of hydrogen-bond acceptors (Lipinski definition) is 4. The maximum absolute atomic E-state index is 9.67. The fraction of sp³-hybridized carbons (Fsp3) is 0.107. The van der Waals surface area contributed by atoms with E-state index in [0.717, 1.165) is 22.4 Å². The van der Waals surface area contributed by atoms with Gasteiger partial charge in [-0.2, -0.15) is 5.26 Å². The van der Waals surface area contributed by atoms with Gasteiger partial charge in [0.15, 0.2) is 11.5 Å². The highest BCUT2D eigenvalue weighted by molar-refractivity contribution is 5.90. The summed E-state index contributed by atoms with van der Waals surface area (Å²) in [6.45, 7) is 0.492. The molecule has 4 rings (SSSR count). The highest BCUT2D eigenvalue weighted by Gasteiger charge is 2.08. The van der Waals surface area contributed by atoms with Crippen LogP contribution >= 0.6 is 0 Å². The van der Waals surface area contributed by atoms with Gasteiger partial charge >= 0.3 is 0 Å². The zero-order chi connectivity index (χ0) is 22.3. The van der Waals surface area contributed by atoms with Crippen LogP contribution < -0.4 is 14.2 Å². The Morgan fingerprint density at radius 2 is 1.59 bits per heavy atom. The molecule has 0 fully saturated rings. The van der Waals surface area contributed by atoms with Crippen LogP contribution in [0.1, 0.15) is 16.7 Å². The van der Waals surface area contributed by atoms with Gasteiger partial charge in [-0.1, -0.05) is 54.6 Å². The van der Waals surface area contributed by atoms with Crippen LogP contribution in [0.4, 0.5) is 0 Å². The monoisotopic (exact) mass is 421 g/mol. The molecule has 0 aliphatic rings. The van der Waals surface area contributed by atoms with E-state index in [0.29, 0.717) is 23.7 Å². The molecule has 0 aromatic heterocycles. The highest BCUT2D eigenvalue weighted by Crippen LogP contribution is 2.31. The van der Waals surface area contributed by atoms with Gasteiger partial charge in [0.2, 0.25) is 0 Å². The molecule has 0 atom stereocenters. The molecule has 4 nitrogen and oxygen atoms in total. The number of hydrogen-bond donors (Lipinski definition) is 0. The van der Waals surface area contributed by atoms with Crippen LogP contribution in [0.25, 0.3) is 22.4 Å². The van der Waals surface area contributed by atoms with Crippen molar-refractivity contribution in [1.29, 1.82) is 5.26 Å². The van der Waals surface area contributed by atoms with Gasteiger partial charge in [-0.05, 0) is 63.9 Å². The molecule has 0 amide bonds. The lowest BCUT2D eigenvalue weighted by atomic mass is 10.0. The molecule has 4 heteroatoms. The lowest BCUT2D eigenvalue weighted by Crippen LogP contribution is -1.96. The topological polar surface area (TPSA) is 51.5 Å². The molecule has 0 unspecified atom stereocenters. The van der Waals surface area contributed by atoms with Crippen molar-refractivity contribution < 1.29 is 14.2 Å². The predicted molar refractivity (Wildman–Crippen MR) is 128 cm³/mol. The Morgan fingerprint density at radius 3 is 2.34 bits per heavy atom. The summed E-state index contributed by atoms with van der Waals surface area (Å²) in [4.78, 5) is 0. The summed E-state index contributed by atoms with van der Waals surface area (Å²) >= 11 is 0. The van der Waals surface area contributed by atoms with Crippen molar-refractivity contribution in [3.8, 4) is 23.3 Å². The molecule has 0 radical (unpaired) electrons. The molecular formula is C28H23NO3. The van der Waals surface area contributed by atoms with Gasteiger partial charge in [-0.15, -0.1) is 0 Å². The van der Waals surface area contributed by atoms with E-state index in [9.17, 15) is 5.26 Å². The van der Waals surface area contributed by atoms with Crippen molar-refractivity contribution in [2.24, 2.45) is 0 Å². The van der Waals surface area contributed by atoms with Gasteiger partial charge in [0.25, 0.3) is 0 Å². The second-order valence-corrected chi connectivity index (χ2v) is 7.24. The Balaban J connectivity index is 1.50. The summed E-state index contributed by atoms with van der Waals surface area (Å²) in [6.07, 6.45) is 1.84. The van der Waals surface area contributed by atoms with Gasteiger partial charge in [0.05, 0.1) is 25.9 Å². The minimum atomic E-state index is 0.492. The molecule has 4 aromatic carbocycles. The van der Waals surface area contributed by atoms with Gasteiger partial charge in [-0.3, -0.25) is 0 Å². The number of methoxy groups -OCH3 is 2. The molecule has 0 aliphatic heterocycles. The summed E-state index contributed by atoms with van der Waals surface area (Å²) < 4.78 is 16.6. The van der Waals surface area contributed by atoms with E-state index in [4.69, 9.17) is 14.2 Å². The normalized spacial score (nSPS) is 11.1. The van der Waals surface area contributed by atoms with Crippen LogP contribution in [-0.4, -0.2) is 14.2 Å². The van der Waals surface area contributed by atoms with E-state index in [-0.39, 0.29) is 0 Å². The number of rotatable bonds is 7. The summed E-state index contributed by atoms with van der Waals surface area (Å²) in [5.41, 5.74) is 3.36. The van der Waals surface area contributed by atoms with E-state index >= 15 is 0 Å². The molecule has 32 heavy (non-hydrogen) atoms. The summed E-state index contributed by atoms with van der Waals surface area (Å²) in [6, 6.07) is 30.0. The van der Waals surface area contributed by atoms with Crippen molar-refractivity contribution in [2.45, 2.75) is 6.61 Å². The summed E-state index contributed by atoms with van der Waals surface area (Å²) in [5.74, 6) is 1.99. The van der Waals surface area contributed by atoms with Crippen molar-refractivity contribution in [2.75, 3.05) is 14.2 Å². The molecule has 0 heterocycles. The average molecular weight is 421 g/mol. The molecule has 0 saturated heterocycles.